The van der Waals surface area contributed by atoms with E-state index in [2.05, 4.69) is 201 Å². The molecule has 0 bridgehead atoms. The number of thiophene rings is 1. The molecule has 1 aliphatic carbocycles. The number of anilines is 6. The summed E-state index contributed by atoms with van der Waals surface area (Å²) in [6.45, 7) is 25.0. The molecule has 0 atom stereocenters. The van der Waals surface area contributed by atoms with Crippen molar-refractivity contribution in [3.05, 3.63) is 143 Å². The summed E-state index contributed by atoms with van der Waals surface area (Å²) in [6, 6.07) is 43.4. The number of hydrogen-bond donors (Lipinski definition) is 1. The Morgan fingerprint density at radius 3 is 1.65 bits per heavy atom. The smallest absolute Gasteiger partial charge is 0.264 e. The molecule has 0 unspecified atom stereocenters. The van der Waals surface area contributed by atoms with Crippen molar-refractivity contribution in [2.24, 2.45) is 0 Å². The summed E-state index contributed by atoms with van der Waals surface area (Å²) in [6.07, 6.45) is 0. The van der Waals surface area contributed by atoms with Gasteiger partial charge >= 0.3 is 0 Å². The van der Waals surface area contributed by atoms with Crippen molar-refractivity contribution in [3.8, 4) is 28.0 Å². The fourth-order valence-electron chi connectivity index (χ4n) is 11.2. The molecule has 7 aromatic carbocycles. The SMILES string of the molecule is [B]c1c([B])c(-c2cc3c4c(c2)N(c2ccc(C(C)(C)C)cc2)c2c(sc5cc6c(cc25)-c2ccccc2C6(C)C)B4c2cc(C(C)(C)C)ccc2N3c2ccc(C(C)(C)C)cc2)c([B])c([B])c1O. The van der Waals surface area contributed by atoms with E-state index >= 15 is 0 Å². The second-order valence-corrected chi connectivity index (χ2v) is 24.0. The van der Waals surface area contributed by atoms with Crippen LogP contribution < -0.4 is 47.4 Å². The van der Waals surface area contributed by atoms with Crippen LogP contribution in [0.25, 0.3) is 32.3 Å². The maximum absolute atomic E-state index is 11.0. The highest BCUT2D eigenvalue weighted by Gasteiger charge is 2.47. The first kappa shape index (κ1) is 44.7. The van der Waals surface area contributed by atoms with Gasteiger partial charge in [-0.3, -0.25) is 0 Å². The van der Waals surface area contributed by atoms with E-state index in [9.17, 15) is 5.11 Å². The predicted octanol–water partition coefficient (Wildman–Crippen LogP) is 9.73. The number of benzene rings is 7. The highest BCUT2D eigenvalue weighted by Crippen LogP contribution is 2.54. The Morgan fingerprint density at radius 2 is 1.07 bits per heavy atom. The average molecular weight is 892 g/mol. The van der Waals surface area contributed by atoms with E-state index in [4.69, 9.17) is 31.4 Å². The van der Waals surface area contributed by atoms with Crippen LogP contribution >= 0.6 is 11.3 Å². The van der Waals surface area contributed by atoms with Gasteiger partial charge in [-0.15, -0.1) is 11.3 Å². The number of rotatable bonds is 3. The van der Waals surface area contributed by atoms with Crippen LogP contribution in [0.2, 0.25) is 0 Å². The average Bonchev–Trinajstić information content (AvgIpc) is 3.77. The van der Waals surface area contributed by atoms with Gasteiger partial charge in [0.15, 0.2) is 0 Å². The molecular weight excluding hydrogens is 839 g/mol. The van der Waals surface area contributed by atoms with Gasteiger partial charge in [0.05, 0.1) is 11.4 Å². The normalized spacial score (nSPS) is 14.7. The van der Waals surface area contributed by atoms with E-state index < -0.39 is 0 Å². The van der Waals surface area contributed by atoms with E-state index in [0.717, 1.165) is 34.0 Å². The Balaban J connectivity index is 1.30. The number of phenols is 1. The fraction of sp³-hybridized carbons (Fsp3) is 0.254. The van der Waals surface area contributed by atoms with Crippen LogP contribution in [0.5, 0.6) is 5.75 Å². The molecule has 0 spiro atoms. The van der Waals surface area contributed by atoms with E-state index in [1.165, 1.54) is 70.4 Å². The zero-order chi connectivity index (χ0) is 48.3. The van der Waals surface area contributed by atoms with Gasteiger partial charge in [-0.05, 0) is 132 Å². The number of aromatic hydroxyl groups is 1. The minimum atomic E-state index is -0.306. The van der Waals surface area contributed by atoms with Crippen molar-refractivity contribution in [2.45, 2.75) is 97.8 Å². The maximum Gasteiger partial charge on any atom is 0.264 e. The van der Waals surface area contributed by atoms with E-state index in [1.807, 2.05) is 11.3 Å². The zero-order valence-electron chi connectivity index (χ0n) is 41.1. The van der Waals surface area contributed by atoms with Crippen molar-refractivity contribution in [1.82, 2.24) is 0 Å². The lowest BCUT2D eigenvalue weighted by Crippen LogP contribution is -2.60. The standard InChI is InChI=1S/C59H53B5N2OS/c1-56(2,3)32-16-21-35(22-17-32)65-43-25-20-34(58(7,8)9)28-42(43)64-52-44(65)26-31(47-48(60)50(62)54(67)51(63)49(47)61)27-45(52)66(36-23-18-33(19-24-36)57(4,5)6)53-39-29-38-37-14-12-13-15-40(37)59(10,11)41(38)30-46(39)68-55(53)64/h12-30,67H,1-11H3. The Morgan fingerprint density at radius 1 is 0.544 bits per heavy atom. The monoisotopic (exact) mass is 892 g/mol. The Labute approximate surface area is 412 Å². The van der Waals surface area contributed by atoms with Crippen molar-refractivity contribution in [1.29, 1.82) is 0 Å². The number of phenolic OH excluding ortho intramolecular Hbond substituents is 1. The predicted molar refractivity (Wildman–Crippen MR) is 298 cm³/mol. The molecule has 0 fully saturated rings. The van der Waals surface area contributed by atoms with Crippen LogP contribution in [0.15, 0.2) is 115 Å². The lowest BCUT2D eigenvalue weighted by molar-refractivity contribution is 0.484. The summed E-state index contributed by atoms with van der Waals surface area (Å²) in [5.41, 5.74) is 19.1. The molecule has 0 amide bonds. The second-order valence-electron chi connectivity index (χ2n) is 22.9. The van der Waals surface area contributed by atoms with Crippen LogP contribution in [-0.4, -0.2) is 43.2 Å². The Bertz CT molecular complexity index is 3410. The molecule has 8 aromatic rings. The minimum absolute atomic E-state index is 0.00317. The van der Waals surface area contributed by atoms with Crippen LogP contribution in [0, 0.1) is 0 Å². The van der Waals surface area contributed by atoms with Crippen molar-refractivity contribution >= 4 is 131 Å². The van der Waals surface area contributed by atoms with Crippen molar-refractivity contribution < 1.29 is 5.11 Å². The summed E-state index contributed by atoms with van der Waals surface area (Å²) >= 11 is 1.92. The lowest BCUT2D eigenvalue weighted by Gasteiger charge is -2.44. The summed E-state index contributed by atoms with van der Waals surface area (Å²) in [5.74, 6) is -0.306. The third-order valence-corrected chi connectivity index (χ3v) is 16.3. The first-order valence-corrected chi connectivity index (χ1v) is 24.6. The molecule has 326 valence electrons. The summed E-state index contributed by atoms with van der Waals surface area (Å²) in [7, 11) is 27.0. The molecule has 0 saturated carbocycles. The first-order chi connectivity index (χ1) is 32.0. The van der Waals surface area contributed by atoms with Gasteiger partial charge in [-0.1, -0.05) is 159 Å². The molecule has 68 heavy (non-hydrogen) atoms. The zero-order valence-corrected chi connectivity index (χ0v) is 41.9. The molecule has 11 rings (SSSR count). The summed E-state index contributed by atoms with van der Waals surface area (Å²) < 4.78 is 2.55. The lowest BCUT2D eigenvalue weighted by atomic mass is 9.36. The van der Waals surface area contributed by atoms with Gasteiger partial charge in [0.1, 0.15) is 31.4 Å². The molecule has 9 heteroatoms. The van der Waals surface area contributed by atoms with E-state index in [1.54, 1.807) is 0 Å². The number of nitrogens with zero attached hydrogens (tertiary/aromatic N) is 2. The van der Waals surface area contributed by atoms with Crippen LogP contribution in [0.1, 0.15) is 104 Å². The Hall–Kier alpha value is -5.78. The molecule has 3 nitrogen and oxygen atoms in total. The third-order valence-electron chi connectivity index (χ3n) is 15.1. The number of hydrogen-bond acceptors (Lipinski definition) is 4. The van der Waals surface area contributed by atoms with Gasteiger partial charge in [0, 0.05) is 48.7 Å². The molecule has 3 heterocycles. The quantitative estimate of drug-likeness (QED) is 0.179. The molecule has 1 N–H and O–H groups in total. The third kappa shape index (κ3) is 6.50. The van der Waals surface area contributed by atoms with Gasteiger partial charge in [0.25, 0.3) is 6.71 Å². The molecule has 3 aliphatic rings. The maximum atomic E-state index is 11.0. The van der Waals surface area contributed by atoms with Gasteiger partial charge < -0.3 is 14.9 Å². The highest BCUT2D eigenvalue weighted by molar-refractivity contribution is 7.33. The van der Waals surface area contributed by atoms with E-state index in [-0.39, 0.29) is 56.0 Å². The van der Waals surface area contributed by atoms with E-state index in [0.29, 0.717) is 5.56 Å². The Kier molecular flexibility index (Phi) is 9.77. The molecular formula is C59H53B5N2OS. The van der Waals surface area contributed by atoms with Gasteiger partial charge in [-0.2, -0.15) is 0 Å². The molecule has 8 radical (unpaired) electrons. The largest absolute Gasteiger partial charge is 0.509 e. The fourth-order valence-corrected chi connectivity index (χ4v) is 12.5. The van der Waals surface area contributed by atoms with Gasteiger partial charge in [-0.25, -0.2) is 0 Å². The summed E-state index contributed by atoms with van der Waals surface area (Å²) in [4.78, 5) is 4.90. The number of fused-ring (bicyclic) bond motifs is 9. The molecule has 2 aliphatic heterocycles. The second kappa shape index (κ2) is 14.9. The van der Waals surface area contributed by atoms with Crippen LogP contribution in [-0.2, 0) is 21.7 Å². The minimum Gasteiger partial charge on any atom is -0.509 e. The summed E-state index contributed by atoms with van der Waals surface area (Å²) in [5, 5.41) is 12.2. The van der Waals surface area contributed by atoms with Gasteiger partial charge in [0.2, 0.25) is 0 Å². The van der Waals surface area contributed by atoms with Crippen LogP contribution in [0.3, 0.4) is 0 Å². The molecule has 0 saturated heterocycles. The highest BCUT2D eigenvalue weighted by atomic mass is 32.1. The topological polar surface area (TPSA) is 26.7 Å². The van der Waals surface area contributed by atoms with Crippen molar-refractivity contribution in [3.63, 3.8) is 0 Å². The first-order valence-electron chi connectivity index (χ1n) is 23.8. The van der Waals surface area contributed by atoms with Crippen molar-refractivity contribution in [2.75, 3.05) is 9.80 Å². The van der Waals surface area contributed by atoms with Crippen LogP contribution in [0.4, 0.5) is 34.1 Å². The molecule has 1 aromatic heterocycles.